The number of aromatic hydroxyl groups is 2. The number of hydrogen-bond donors (Lipinski definition) is 6. The minimum absolute atomic E-state index is 0.0474. The van der Waals surface area contributed by atoms with Crippen LogP contribution in [0.3, 0.4) is 0 Å². The Hall–Kier alpha value is -3.31. The topological polar surface area (TPSA) is 148 Å². The molecule has 0 aliphatic carbocycles. The van der Waals surface area contributed by atoms with E-state index < -0.39 is 22.4 Å². The fourth-order valence-electron chi connectivity index (χ4n) is 3.08. The Morgan fingerprint density at radius 2 is 1.62 bits per heavy atom. The molecule has 1 unspecified atom stereocenters. The van der Waals surface area contributed by atoms with E-state index in [1.165, 1.54) is 30.3 Å². The number of hydrogen-bond acceptors (Lipinski definition) is 8. The second-order valence-corrected chi connectivity index (χ2v) is 9.37. The van der Waals surface area contributed by atoms with Crippen LogP contribution in [0.4, 0.5) is 5.69 Å². The molecule has 10 heteroatoms. The van der Waals surface area contributed by atoms with E-state index in [1.807, 2.05) is 0 Å². The summed E-state index contributed by atoms with van der Waals surface area (Å²) in [5.74, 6) is 0.154. The Morgan fingerprint density at radius 1 is 0.912 bits per heavy atom. The predicted molar refractivity (Wildman–Crippen MR) is 127 cm³/mol. The van der Waals surface area contributed by atoms with Gasteiger partial charge < -0.3 is 25.2 Å². The minimum atomic E-state index is -3.89. The zero-order valence-corrected chi connectivity index (χ0v) is 19.1. The van der Waals surface area contributed by atoms with E-state index in [4.69, 9.17) is 4.74 Å². The van der Waals surface area contributed by atoms with Crippen LogP contribution in [0.25, 0.3) is 0 Å². The summed E-state index contributed by atoms with van der Waals surface area (Å²) in [6, 6.07) is 18.5. The predicted octanol–water partition coefficient (Wildman–Crippen LogP) is 2.18. The molecule has 0 heterocycles. The number of nitrogens with one attached hydrogen (secondary N) is 2. The molecular weight excluding hydrogens is 460 g/mol. The number of phenolic OH excluding ortho intramolecular Hbond substituents is 2. The second-order valence-electron chi connectivity index (χ2n) is 7.69. The van der Waals surface area contributed by atoms with Crippen molar-refractivity contribution in [2.45, 2.75) is 30.1 Å². The van der Waals surface area contributed by atoms with Crippen molar-refractivity contribution in [2.75, 3.05) is 17.9 Å². The van der Waals surface area contributed by atoms with Crippen LogP contribution in [0.15, 0.2) is 77.7 Å². The Kier molecular flexibility index (Phi) is 8.72. The summed E-state index contributed by atoms with van der Waals surface area (Å²) in [7, 11) is -3.89. The number of anilines is 1. The molecule has 3 aromatic carbocycles. The zero-order valence-electron chi connectivity index (χ0n) is 18.3. The number of benzene rings is 3. The van der Waals surface area contributed by atoms with E-state index in [-0.39, 0.29) is 41.0 Å². The Balaban J connectivity index is 1.47. The second kappa shape index (κ2) is 11.7. The van der Waals surface area contributed by atoms with Gasteiger partial charge in [0.25, 0.3) is 10.0 Å². The lowest BCUT2D eigenvalue weighted by molar-refractivity contribution is 0.0712. The standard InChI is InChI=1S/C24H28N2O7S/c27-18-9-6-17(7-10-18)8-13-24(30)25-15-19(28)16-33-20-11-12-23(29)22(14-20)26-34(31,32)21-4-2-1-3-5-21/h1-7,9-12,14,19,24-30H,8,13,15-16H2/t19?,24-/m0/s1. The van der Waals surface area contributed by atoms with Gasteiger partial charge in [0, 0.05) is 12.6 Å². The molecule has 0 radical (unpaired) electrons. The largest absolute Gasteiger partial charge is 0.508 e. The summed E-state index contributed by atoms with van der Waals surface area (Å²) in [5.41, 5.74) is 0.909. The fourth-order valence-corrected chi connectivity index (χ4v) is 4.17. The van der Waals surface area contributed by atoms with Gasteiger partial charge in [-0.3, -0.25) is 10.0 Å². The molecule has 0 saturated heterocycles. The van der Waals surface area contributed by atoms with Crippen LogP contribution in [0.1, 0.15) is 12.0 Å². The fraction of sp³-hybridized carbons (Fsp3) is 0.250. The number of ether oxygens (including phenoxy) is 1. The van der Waals surface area contributed by atoms with Gasteiger partial charge >= 0.3 is 0 Å². The third kappa shape index (κ3) is 7.63. The van der Waals surface area contributed by atoms with Crippen LogP contribution >= 0.6 is 0 Å². The molecular formula is C24H28N2O7S. The van der Waals surface area contributed by atoms with E-state index in [2.05, 4.69) is 10.0 Å². The number of aryl methyl sites for hydroxylation is 1. The molecule has 0 bridgehead atoms. The molecule has 0 aliphatic heterocycles. The molecule has 182 valence electrons. The molecule has 0 amide bonds. The molecule has 6 N–H and O–H groups in total. The average Bonchev–Trinajstić information content (AvgIpc) is 2.83. The quantitative estimate of drug-likeness (QED) is 0.168. The van der Waals surface area contributed by atoms with Crippen molar-refractivity contribution in [3.8, 4) is 17.2 Å². The van der Waals surface area contributed by atoms with Gasteiger partial charge in [-0.1, -0.05) is 30.3 Å². The SMILES string of the molecule is O=S(=O)(Nc1cc(OCC(O)CN[C@@H](O)CCc2ccc(O)cc2)ccc1O)c1ccccc1. The van der Waals surface area contributed by atoms with Gasteiger partial charge in [-0.2, -0.15) is 0 Å². The smallest absolute Gasteiger partial charge is 0.262 e. The van der Waals surface area contributed by atoms with Gasteiger partial charge in [0.2, 0.25) is 0 Å². The molecule has 0 aliphatic rings. The normalized spacial score (nSPS) is 13.2. The number of phenols is 2. The van der Waals surface area contributed by atoms with Crippen molar-refractivity contribution in [3.05, 3.63) is 78.4 Å². The van der Waals surface area contributed by atoms with Crippen LogP contribution in [-0.2, 0) is 16.4 Å². The lowest BCUT2D eigenvalue weighted by Gasteiger charge is -2.17. The van der Waals surface area contributed by atoms with E-state index >= 15 is 0 Å². The maximum atomic E-state index is 12.5. The van der Waals surface area contributed by atoms with Crippen molar-refractivity contribution in [3.63, 3.8) is 0 Å². The molecule has 0 aromatic heterocycles. The molecule has 34 heavy (non-hydrogen) atoms. The summed E-state index contributed by atoms with van der Waals surface area (Å²) in [4.78, 5) is 0.0474. The highest BCUT2D eigenvalue weighted by Crippen LogP contribution is 2.30. The van der Waals surface area contributed by atoms with Crippen molar-refractivity contribution < 1.29 is 33.6 Å². The average molecular weight is 489 g/mol. The third-order valence-electron chi connectivity index (χ3n) is 4.94. The first-order valence-corrected chi connectivity index (χ1v) is 12.1. The van der Waals surface area contributed by atoms with Gasteiger partial charge in [-0.25, -0.2) is 8.42 Å². The molecule has 0 fully saturated rings. The van der Waals surface area contributed by atoms with Crippen LogP contribution in [0, 0.1) is 0 Å². The summed E-state index contributed by atoms with van der Waals surface area (Å²) < 4.78 is 32.8. The monoisotopic (exact) mass is 488 g/mol. The number of aliphatic hydroxyl groups excluding tert-OH is 2. The summed E-state index contributed by atoms with van der Waals surface area (Å²) >= 11 is 0. The van der Waals surface area contributed by atoms with Crippen LogP contribution in [0.2, 0.25) is 0 Å². The highest BCUT2D eigenvalue weighted by Gasteiger charge is 2.17. The van der Waals surface area contributed by atoms with E-state index in [1.54, 1.807) is 42.5 Å². The molecule has 2 atom stereocenters. The minimum Gasteiger partial charge on any atom is -0.508 e. The summed E-state index contributed by atoms with van der Waals surface area (Å²) in [5, 5.41) is 42.4. The highest BCUT2D eigenvalue weighted by molar-refractivity contribution is 7.92. The van der Waals surface area contributed by atoms with Gasteiger partial charge in [0.1, 0.15) is 36.2 Å². The molecule has 0 spiro atoms. The summed E-state index contributed by atoms with van der Waals surface area (Å²) in [6.07, 6.45) is -0.769. The van der Waals surface area contributed by atoms with E-state index in [0.29, 0.717) is 12.8 Å². The van der Waals surface area contributed by atoms with E-state index in [0.717, 1.165) is 5.56 Å². The molecule has 3 aromatic rings. The third-order valence-corrected chi connectivity index (χ3v) is 6.32. The Bertz CT molecular complexity index is 1160. The highest BCUT2D eigenvalue weighted by atomic mass is 32.2. The number of rotatable bonds is 12. The van der Waals surface area contributed by atoms with Crippen molar-refractivity contribution in [1.82, 2.24) is 5.32 Å². The van der Waals surface area contributed by atoms with Crippen molar-refractivity contribution in [1.29, 1.82) is 0 Å². The summed E-state index contributed by atoms with van der Waals surface area (Å²) in [6.45, 7) is -0.0460. The molecule has 0 saturated carbocycles. The van der Waals surface area contributed by atoms with Crippen LogP contribution < -0.4 is 14.8 Å². The Labute approximate surface area is 198 Å². The van der Waals surface area contributed by atoms with Gasteiger partial charge in [0.05, 0.1) is 10.6 Å². The number of sulfonamides is 1. The van der Waals surface area contributed by atoms with Gasteiger partial charge in [-0.15, -0.1) is 0 Å². The lowest BCUT2D eigenvalue weighted by atomic mass is 10.1. The first kappa shape index (κ1) is 25.3. The maximum Gasteiger partial charge on any atom is 0.262 e. The lowest BCUT2D eigenvalue weighted by Crippen LogP contribution is -2.38. The maximum absolute atomic E-state index is 12.5. The molecule has 9 nitrogen and oxygen atoms in total. The van der Waals surface area contributed by atoms with Crippen LogP contribution in [0.5, 0.6) is 17.2 Å². The van der Waals surface area contributed by atoms with Gasteiger partial charge in [-0.05, 0) is 54.8 Å². The van der Waals surface area contributed by atoms with Crippen molar-refractivity contribution in [2.24, 2.45) is 0 Å². The van der Waals surface area contributed by atoms with E-state index in [9.17, 15) is 28.8 Å². The first-order chi connectivity index (χ1) is 16.2. The van der Waals surface area contributed by atoms with Crippen molar-refractivity contribution >= 4 is 15.7 Å². The zero-order chi connectivity index (χ0) is 24.6. The van der Waals surface area contributed by atoms with Gasteiger partial charge in [0.15, 0.2) is 0 Å². The molecule has 3 rings (SSSR count). The Morgan fingerprint density at radius 3 is 2.32 bits per heavy atom. The number of aliphatic hydroxyl groups is 2. The first-order valence-electron chi connectivity index (χ1n) is 10.6. The van der Waals surface area contributed by atoms with Crippen LogP contribution in [-0.4, -0.2) is 54.3 Å².